The number of aromatic amines is 1. The van der Waals surface area contributed by atoms with Crippen molar-refractivity contribution in [2.24, 2.45) is 12.1 Å². The van der Waals surface area contributed by atoms with Crippen molar-refractivity contribution in [2.45, 2.75) is 32.2 Å². The Morgan fingerprint density at radius 2 is 1.89 bits per heavy atom. The summed E-state index contributed by atoms with van der Waals surface area (Å²) in [6.07, 6.45) is 3.31. The van der Waals surface area contributed by atoms with E-state index in [9.17, 15) is 9.59 Å². The van der Waals surface area contributed by atoms with E-state index in [2.05, 4.69) is 16.1 Å². The minimum atomic E-state index is -0.327. The number of fused-ring (bicyclic) bond motifs is 2. The second-order valence-corrected chi connectivity index (χ2v) is 10.0. The maximum atomic E-state index is 13.6. The molecule has 1 amide bonds. The number of hydrogen-bond donors (Lipinski definition) is 1. The zero-order valence-electron chi connectivity index (χ0n) is 21.1. The van der Waals surface area contributed by atoms with Crippen molar-refractivity contribution in [1.82, 2.24) is 19.8 Å². The average molecular weight is 524 g/mol. The van der Waals surface area contributed by atoms with Crippen molar-refractivity contribution in [3.8, 4) is 11.1 Å². The Labute approximate surface area is 224 Å². The summed E-state index contributed by atoms with van der Waals surface area (Å²) >= 11 is 6.40. The van der Waals surface area contributed by atoms with Crippen molar-refractivity contribution in [2.75, 3.05) is 0 Å². The maximum Gasteiger partial charge on any atom is 0.258 e. The predicted molar refractivity (Wildman–Crippen MR) is 151 cm³/mol. The minimum Gasteiger partial charge on any atom is -0.321 e. The van der Waals surface area contributed by atoms with Gasteiger partial charge in [0.2, 0.25) is 5.91 Å². The van der Waals surface area contributed by atoms with E-state index in [1.54, 1.807) is 11.1 Å². The molecule has 1 aliphatic rings. The molecule has 1 unspecified atom stereocenters. The monoisotopic (exact) mass is 523 g/mol. The quantitative estimate of drug-likeness (QED) is 0.297. The Balaban J connectivity index is 1.55. The number of hydrazone groups is 1. The summed E-state index contributed by atoms with van der Waals surface area (Å²) in [5, 5.41) is 13.1. The SMILES string of the molecule is CCCC(=O)N1N=C(c2c(-c3ccccc3)c3cc(Cl)ccc3[nH]c2=O)CC1c1ccc2c(cnn2C)c1. The number of nitrogens with one attached hydrogen (secondary N) is 1. The number of aromatic nitrogens is 3. The first kappa shape index (κ1) is 24.1. The second-order valence-electron chi connectivity index (χ2n) is 9.60. The standard InChI is InChI=1S/C30H26ClN5O2/c1-3-7-27(37)36-26(19-10-13-25-20(14-19)17-32-35(25)2)16-24(34-36)29-28(18-8-5-4-6-9-18)22-15-21(31)11-12-23(22)33-30(29)38/h4-6,8-15,17,26H,3,7,16H2,1-2H3,(H,33,38). The van der Waals surface area contributed by atoms with Crippen LogP contribution in [-0.2, 0) is 11.8 Å². The lowest BCUT2D eigenvalue weighted by atomic mass is 9.91. The Bertz CT molecular complexity index is 1790. The van der Waals surface area contributed by atoms with Crippen molar-refractivity contribution in [3.05, 3.63) is 99.4 Å². The summed E-state index contributed by atoms with van der Waals surface area (Å²) in [6.45, 7) is 1.97. The molecule has 0 saturated carbocycles. The fourth-order valence-electron chi connectivity index (χ4n) is 5.31. The van der Waals surface area contributed by atoms with E-state index in [4.69, 9.17) is 16.7 Å². The molecule has 3 heterocycles. The average Bonchev–Trinajstić information content (AvgIpc) is 3.52. The molecule has 1 atom stereocenters. The van der Waals surface area contributed by atoms with E-state index in [0.717, 1.165) is 33.0 Å². The number of rotatable bonds is 5. The summed E-state index contributed by atoms with van der Waals surface area (Å²) in [7, 11) is 1.90. The highest BCUT2D eigenvalue weighted by Gasteiger charge is 2.35. The fraction of sp³-hybridized carbons (Fsp3) is 0.200. The molecule has 6 rings (SSSR count). The Kier molecular flexibility index (Phi) is 6.08. The van der Waals surface area contributed by atoms with Crippen molar-refractivity contribution < 1.29 is 4.79 Å². The van der Waals surface area contributed by atoms with Crippen LogP contribution in [0.2, 0.25) is 5.02 Å². The number of hydrogen-bond acceptors (Lipinski definition) is 4. The largest absolute Gasteiger partial charge is 0.321 e. The van der Waals surface area contributed by atoms with E-state index >= 15 is 0 Å². The molecule has 3 aromatic carbocycles. The smallest absolute Gasteiger partial charge is 0.258 e. The molecule has 1 N–H and O–H groups in total. The highest BCUT2D eigenvalue weighted by atomic mass is 35.5. The van der Waals surface area contributed by atoms with Crippen molar-refractivity contribution in [3.63, 3.8) is 0 Å². The molecule has 0 aliphatic carbocycles. The lowest BCUT2D eigenvalue weighted by molar-refractivity contribution is -0.133. The fourth-order valence-corrected chi connectivity index (χ4v) is 5.49. The van der Waals surface area contributed by atoms with Crippen LogP contribution < -0.4 is 5.56 Å². The summed E-state index contributed by atoms with van der Waals surface area (Å²) in [4.78, 5) is 29.9. The van der Waals surface area contributed by atoms with Crippen LogP contribution in [0.4, 0.5) is 0 Å². The molecule has 2 aromatic heterocycles. The van der Waals surface area contributed by atoms with Crippen LogP contribution in [-0.4, -0.2) is 31.4 Å². The number of H-pyrrole nitrogens is 1. The highest BCUT2D eigenvalue weighted by Crippen LogP contribution is 2.38. The maximum absolute atomic E-state index is 13.6. The van der Waals surface area contributed by atoms with Crippen LogP contribution in [0, 0.1) is 0 Å². The summed E-state index contributed by atoms with van der Waals surface area (Å²) in [5.74, 6) is -0.0692. The number of aryl methyl sites for hydroxylation is 1. The summed E-state index contributed by atoms with van der Waals surface area (Å²) in [5.41, 5.74) is 5.09. The van der Waals surface area contributed by atoms with Gasteiger partial charge in [-0.15, -0.1) is 0 Å². The molecule has 0 radical (unpaired) electrons. The number of benzene rings is 3. The van der Waals surface area contributed by atoms with Gasteiger partial charge in [0.15, 0.2) is 0 Å². The van der Waals surface area contributed by atoms with Gasteiger partial charge in [0.1, 0.15) is 0 Å². The zero-order valence-corrected chi connectivity index (χ0v) is 21.9. The van der Waals surface area contributed by atoms with Gasteiger partial charge in [-0.25, -0.2) is 5.01 Å². The molecule has 0 saturated heterocycles. The molecule has 0 fully saturated rings. The molecule has 7 nitrogen and oxygen atoms in total. The van der Waals surface area contributed by atoms with Crippen LogP contribution in [0.15, 0.2) is 82.8 Å². The lowest BCUT2D eigenvalue weighted by Gasteiger charge is -2.22. The van der Waals surface area contributed by atoms with Crippen LogP contribution in [0.1, 0.15) is 43.4 Å². The molecule has 190 valence electrons. The predicted octanol–water partition coefficient (Wildman–Crippen LogP) is 6.21. The van der Waals surface area contributed by atoms with Gasteiger partial charge >= 0.3 is 0 Å². The first-order chi connectivity index (χ1) is 18.4. The van der Waals surface area contributed by atoms with Crippen LogP contribution in [0.25, 0.3) is 32.9 Å². The molecule has 5 aromatic rings. The third-order valence-electron chi connectivity index (χ3n) is 7.11. The van der Waals surface area contributed by atoms with Crippen LogP contribution in [0.5, 0.6) is 0 Å². The van der Waals surface area contributed by atoms with Crippen molar-refractivity contribution >= 4 is 45.0 Å². The lowest BCUT2D eigenvalue weighted by Crippen LogP contribution is -2.26. The third-order valence-corrected chi connectivity index (χ3v) is 7.35. The van der Waals surface area contributed by atoms with E-state index in [0.29, 0.717) is 41.1 Å². The summed E-state index contributed by atoms with van der Waals surface area (Å²) < 4.78 is 1.82. The Morgan fingerprint density at radius 3 is 2.68 bits per heavy atom. The number of carbonyl (C=O) groups excluding carboxylic acids is 1. The van der Waals surface area contributed by atoms with Gasteiger partial charge in [0.05, 0.1) is 29.0 Å². The van der Waals surface area contributed by atoms with Gasteiger partial charge in [-0.1, -0.05) is 54.9 Å². The Hall–Kier alpha value is -4.23. The normalized spacial score (nSPS) is 15.4. The van der Waals surface area contributed by atoms with Gasteiger partial charge < -0.3 is 4.98 Å². The summed E-state index contributed by atoms with van der Waals surface area (Å²) in [6, 6.07) is 21.0. The van der Waals surface area contributed by atoms with Crippen LogP contribution in [0.3, 0.4) is 0 Å². The molecule has 0 spiro atoms. The first-order valence-electron chi connectivity index (χ1n) is 12.7. The first-order valence-corrected chi connectivity index (χ1v) is 13.0. The highest BCUT2D eigenvalue weighted by molar-refractivity contribution is 6.31. The minimum absolute atomic E-state index is 0.0692. The molecule has 8 heteroatoms. The number of halogens is 1. The van der Waals surface area contributed by atoms with E-state index < -0.39 is 0 Å². The third kappa shape index (κ3) is 4.09. The number of amides is 1. The second kappa shape index (κ2) is 9.58. The molecular weight excluding hydrogens is 498 g/mol. The van der Waals surface area contributed by atoms with Crippen LogP contribution >= 0.6 is 11.6 Å². The van der Waals surface area contributed by atoms with Gasteiger partial charge in [-0.05, 0) is 47.9 Å². The van der Waals surface area contributed by atoms with E-state index in [-0.39, 0.29) is 17.5 Å². The van der Waals surface area contributed by atoms with Gasteiger partial charge in [0.25, 0.3) is 5.56 Å². The van der Waals surface area contributed by atoms with E-state index in [1.165, 1.54) is 0 Å². The topological polar surface area (TPSA) is 83.3 Å². The van der Waals surface area contributed by atoms with Gasteiger partial charge in [-0.3, -0.25) is 14.3 Å². The molecule has 1 aliphatic heterocycles. The number of nitrogens with zero attached hydrogens (tertiary/aromatic N) is 4. The van der Waals surface area contributed by atoms with E-state index in [1.807, 2.05) is 79.4 Å². The van der Waals surface area contributed by atoms with Gasteiger partial charge in [0, 0.05) is 46.8 Å². The molecular formula is C30H26ClN5O2. The zero-order chi connectivity index (χ0) is 26.4. The molecule has 0 bridgehead atoms. The number of pyridine rings is 1. The molecule has 38 heavy (non-hydrogen) atoms. The number of carbonyl (C=O) groups is 1. The van der Waals surface area contributed by atoms with Gasteiger partial charge in [-0.2, -0.15) is 10.2 Å². The van der Waals surface area contributed by atoms with Crippen molar-refractivity contribution in [1.29, 1.82) is 0 Å². The Morgan fingerprint density at radius 1 is 1.08 bits per heavy atom.